The Morgan fingerprint density at radius 1 is 1.26 bits per heavy atom. The van der Waals surface area contributed by atoms with E-state index in [1.54, 1.807) is 12.1 Å². The molecule has 2 heterocycles. The number of halogens is 4. The summed E-state index contributed by atoms with van der Waals surface area (Å²) in [5.41, 5.74) is 0.268. The van der Waals surface area contributed by atoms with E-state index in [9.17, 15) is 18.0 Å². The average Bonchev–Trinajstić information content (AvgIpc) is 3.14. The second-order valence-corrected chi connectivity index (χ2v) is 10.4. The topological polar surface area (TPSA) is 89.7 Å². The zero-order chi connectivity index (χ0) is 23.9. The molecule has 7 rings (SSSR count). The number of anilines is 1. The summed E-state index contributed by atoms with van der Waals surface area (Å²) in [6.45, 7) is 0.411. The van der Waals surface area contributed by atoms with Crippen LogP contribution in [0.25, 0.3) is 0 Å². The molecule has 4 aliphatic carbocycles. The summed E-state index contributed by atoms with van der Waals surface area (Å²) >= 11 is 6.06. The molecule has 1 amide bonds. The van der Waals surface area contributed by atoms with Gasteiger partial charge in [0.2, 0.25) is 11.8 Å². The van der Waals surface area contributed by atoms with E-state index in [2.05, 4.69) is 20.3 Å². The van der Waals surface area contributed by atoms with Crippen LogP contribution in [0.5, 0.6) is 5.75 Å². The molecule has 0 spiro atoms. The normalized spacial score (nSPS) is 33.7. The standard InChI is InChI=1S/C22H22ClF3N4O4/c1-30-7-16(32-15-3-2-12(23)6-14(15)30)17(31)27-21-8-20(9-21,10-21)19-29-28-18(33-19)11-4-13(5-11)34-22(24,25)26/h2-3,6,11,13,16H,4-5,7-10H2,1H3,(H,27,31). The van der Waals surface area contributed by atoms with Crippen LogP contribution in [0.15, 0.2) is 22.6 Å². The molecule has 182 valence electrons. The van der Waals surface area contributed by atoms with Gasteiger partial charge in [0.1, 0.15) is 5.75 Å². The number of carbonyl (C=O) groups excluding carboxylic acids is 1. The number of ether oxygens (including phenoxy) is 2. The Morgan fingerprint density at radius 3 is 2.71 bits per heavy atom. The summed E-state index contributed by atoms with van der Waals surface area (Å²) < 4.78 is 52.7. The molecule has 0 saturated heterocycles. The fourth-order valence-corrected chi connectivity index (χ4v) is 5.88. The van der Waals surface area contributed by atoms with Gasteiger partial charge in [0, 0.05) is 23.5 Å². The van der Waals surface area contributed by atoms with Crippen LogP contribution in [-0.2, 0) is 14.9 Å². The lowest BCUT2D eigenvalue weighted by Gasteiger charge is -2.68. The van der Waals surface area contributed by atoms with Gasteiger partial charge in [0.15, 0.2) is 6.10 Å². The maximum absolute atomic E-state index is 12.9. The van der Waals surface area contributed by atoms with Gasteiger partial charge in [0.25, 0.3) is 5.91 Å². The first-order chi connectivity index (χ1) is 16.0. The van der Waals surface area contributed by atoms with E-state index in [1.807, 2.05) is 18.0 Å². The van der Waals surface area contributed by atoms with Crippen LogP contribution < -0.4 is 15.0 Å². The first-order valence-electron chi connectivity index (χ1n) is 11.1. The van der Waals surface area contributed by atoms with Gasteiger partial charge < -0.3 is 19.4 Å². The lowest BCUT2D eigenvalue weighted by Crippen LogP contribution is -2.77. The second-order valence-electron chi connectivity index (χ2n) is 9.98. The summed E-state index contributed by atoms with van der Waals surface area (Å²) in [6.07, 6.45) is -3.65. The molecule has 34 heavy (non-hydrogen) atoms. The molecule has 2 bridgehead atoms. The molecule has 0 radical (unpaired) electrons. The Morgan fingerprint density at radius 2 is 2.00 bits per heavy atom. The van der Waals surface area contributed by atoms with Crippen molar-refractivity contribution in [2.45, 2.75) is 67.5 Å². The monoisotopic (exact) mass is 498 g/mol. The molecule has 8 nitrogen and oxygen atoms in total. The van der Waals surface area contributed by atoms with Gasteiger partial charge in [-0.1, -0.05) is 11.6 Å². The number of nitrogens with one attached hydrogen (secondary N) is 1. The number of nitrogens with zero attached hydrogens (tertiary/aromatic N) is 3. The molecule has 12 heteroatoms. The number of aromatic nitrogens is 2. The number of likely N-dealkylation sites (N-methyl/N-ethyl adjacent to an activating group) is 1. The highest BCUT2D eigenvalue weighted by Gasteiger charge is 2.72. The highest BCUT2D eigenvalue weighted by atomic mass is 35.5. The average molecular weight is 499 g/mol. The van der Waals surface area contributed by atoms with Crippen molar-refractivity contribution in [1.29, 1.82) is 0 Å². The maximum atomic E-state index is 12.9. The van der Waals surface area contributed by atoms with Gasteiger partial charge in [-0.15, -0.1) is 23.4 Å². The number of amides is 1. The number of hydrogen-bond donors (Lipinski definition) is 1. The first kappa shape index (κ1) is 22.0. The molecule has 1 aromatic heterocycles. The quantitative estimate of drug-likeness (QED) is 0.672. The van der Waals surface area contributed by atoms with Gasteiger partial charge in [-0.05, 0) is 50.3 Å². The summed E-state index contributed by atoms with van der Waals surface area (Å²) in [4.78, 5) is 14.9. The summed E-state index contributed by atoms with van der Waals surface area (Å²) in [5.74, 6) is 1.09. The molecule has 1 atom stereocenters. The Kier molecular flexibility index (Phi) is 4.68. The minimum Gasteiger partial charge on any atom is -0.477 e. The van der Waals surface area contributed by atoms with E-state index >= 15 is 0 Å². The fraction of sp³-hybridized carbons (Fsp3) is 0.591. The molecule has 1 aromatic carbocycles. The minimum absolute atomic E-state index is 0.169. The van der Waals surface area contributed by atoms with Crippen LogP contribution >= 0.6 is 11.6 Å². The third-order valence-corrected chi connectivity index (χ3v) is 7.63. The van der Waals surface area contributed by atoms with Crippen molar-refractivity contribution in [3.05, 3.63) is 35.0 Å². The molecule has 1 aliphatic heterocycles. The van der Waals surface area contributed by atoms with Gasteiger partial charge in [-0.25, -0.2) is 0 Å². The summed E-state index contributed by atoms with van der Waals surface area (Å²) in [6, 6.07) is 5.29. The number of fused-ring (bicyclic) bond motifs is 1. The first-order valence-corrected chi connectivity index (χ1v) is 11.5. The Bertz CT molecular complexity index is 1130. The van der Waals surface area contributed by atoms with E-state index in [0.29, 0.717) is 48.4 Å². The molecule has 1 unspecified atom stereocenters. The van der Waals surface area contributed by atoms with Crippen molar-refractivity contribution in [2.24, 2.45) is 0 Å². The molecular weight excluding hydrogens is 477 g/mol. The smallest absolute Gasteiger partial charge is 0.477 e. The zero-order valence-electron chi connectivity index (χ0n) is 18.2. The van der Waals surface area contributed by atoms with E-state index < -0.39 is 18.6 Å². The van der Waals surface area contributed by atoms with Crippen LogP contribution in [0.4, 0.5) is 18.9 Å². The molecular formula is C22H22ClF3N4O4. The third kappa shape index (κ3) is 3.60. The zero-order valence-corrected chi connectivity index (χ0v) is 18.9. The molecule has 4 saturated carbocycles. The Balaban J connectivity index is 1.03. The van der Waals surface area contributed by atoms with Crippen molar-refractivity contribution in [1.82, 2.24) is 15.5 Å². The molecule has 1 N–H and O–H groups in total. The highest BCUT2D eigenvalue weighted by Crippen LogP contribution is 2.67. The number of alkyl halides is 3. The second kappa shape index (κ2) is 7.24. The van der Waals surface area contributed by atoms with Crippen LogP contribution in [0, 0.1) is 0 Å². The maximum Gasteiger partial charge on any atom is 0.522 e. The summed E-state index contributed by atoms with van der Waals surface area (Å²) in [5, 5.41) is 12.0. The summed E-state index contributed by atoms with van der Waals surface area (Å²) in [7, 11) is 1.89. The number of carbonyl (C=O) groups is 1. The SMILES string of the molecule is CN1CC(C(=O)NC23CC(c4nnc(C5CC(OC(F)(F)F)C5)o4)(C2)C3)Oc2ccc(Cl)cc21. The van der Waals surface area contributed by atoms with Crippen molar-refractivity contribution >= 4 is 23.2 Å². The van der Waals surface area contributed by atoms with Crippen molar-refractivity contribution in [3.8, 4) is 5.75 Å². The van der Waals surface area contributed by atoms with Crippen molar-refractivity contribution in [2.75, 3.05) is 18.5 Å². The number of benzene rings is 1. The number of hydrogen-bond acceptors (Lipinski definition) is 7. The molecule has 2 aromatic rings. The van der Waals surface area contributed by atoms with Gasteiger partial charge in [-0.3, -0.25) is 9.53 Å². The van der Waals surface area contributed by atoms with Crippen LogP contribution in [0.3, 0.4) is 0 Å². The molecule has 5 aliphatic rings. The Labute approximate surface area is 197 Å². The van der Waals surface area contributed by atoms with Crippen molar-refractivity contribution in [3.63, 3.8) is 0 Å². The number of rotatable bonds is 5. The van der Waals surface area contributed by atoms with Crippen LogP contribution in [0.2, 0.25) is 5.02 Å². The predicted molar refractivity (Wildman–Crippen MR) is 113 cm³/mol. The fourth-order valence-electron chi connectivity index (χ4n) is 5.72. The van der Waals surface area contributed by atoms with Gasteiger partial charge in [0.05, 0.1) is 23.8 Å². The van der Waals surface area contributed by atoms with Crippen molar-refractivity contribution < 1.29 is 31.9 Å². The highest BCUT2D eigenvalue weighted by molar-refractivity contribution is 6.31. The van der Waals surface area contributed by atoms with E-state index in [4.69, 9.17) is 20.8 Å². The lowest BCUT2D eigenvalue weighted by molar-refractivity contribution is -0.352. The third-order valence-electron chi connectivity index (χ3n) is 7.39. The molecule has 4 fully saturated rings. The Hall–Kier alpha value is -2.53. The van der Waals surface area contributed by atoms with Gasteiger partial charge in [-0.2, -0.15) is 0 Å². The van der Waals surface area contributed by atoms with Gasteiger partial charge >= 0.3 is 6.36 Å². The largest absolute Gasteiger partial charge is 0.522 e. The predicted octanol–water partition coefficient (Wildman–Crippen LogP) is 3.69. The van der Waals surface area contributed by atoms with Crippen LogP contribution in [-0.4, -0.2) is 53.8 Å². The van der Waals surface area contributed by atoms with E-state index in [-0.39, 0.29) is 35.6 Å². The van der Waals surface area contributed by atoms with E-state index in [0.717, 1.165) is 5.69 Å². The van der Waals surface area contributed by atoms with Crippen LogP contribution in [0.1, 0.15) is 49.8 Å². The van der Waals surface area contributed by atoms with E-state index in [1.165, 1.54) is 0 Å². The minimum atomic E-state index is -4.63. The lowest BCUT2D eigenvalue weighted by atomic mass is 9.39.